The Morgan fingerprint density at radius 1 is 1.18 bits per heavy atom. The summed E-state index contributed by atoms with van der Waals surface area (Å²) in [5.74, 6) is 1.89. The molecule has 0 radical (unpaired) electrons. The highest BCUT2D eigenvalue weighted by atomic mass is 16.3. The standard InChI is InChI=1S/C24H34O4/c1-14-11-23(14)12-16(26)10-15-4-5-17-18-7-9-24(28,20(27)13-25)21(18,2)8-6-19(17)22(15,23)3/h10,14,17-19,25,28H,4-9,11-13H2,1-3H3/t14?,17-,18-,19-,21-,22-,23?,24+/m0/s1. The Morgan fingerprint density at radius 2 is 1.86 bits per heavy atom. The van der Waals surface area contributed by atoms with Gasteiger partial charge in [-0.25, -0.2) is 0 Å². The van der Waals surface area contributed by atoms with Crippen LogP contribution in [0.15, 0.2) is 11.6 Å². The van der Waals surface area contributed by atoms with Gasteiger partial charge in [-0.15, -0.1) is 0 Å². The molecule has 0 aliphatic heterocycles. The summed E-state index contributed by atoms with van der Waals surface area (Å²) in [6.45, 7) is 6.28. The number of carbonyl (C=O) groups excluding carboxylic acids is 2. The number of allylic oxidation sites excluding steroid dienone is 1. The molecule has 1 spiro atoms. The molecule has 0 bridgehead atoms. The second-order valence-corrected chi connectivity index (χ2v) is 11.1. The van der Waals surface area contributed by atoms with Crippen LogP contribution in [0.4, 0.5) is 0 Å². The first-order chi connectivity index (χ1) is 13.1. The van der Waals surface area contributed by atoms with Crippen molar-refractivity contribution in [3.05, 3.63) is 11.6 Å². The highest BCUT2D eigenvalue weighted by molar-refractivity contribution is 5.93. The maximum absolute atomic E-state index is 12.5. The zero-order valence-corrected chi connectivity index (χ0v) is 17.5. The Labute approximate surface area is 167 Å². The van der Waals surface area contributed by atoms with Gasteiger partial charge in [0.05, 0.1) is 0 Å². The molecule has 28 heavy (non-hydrogen) atoms. The molecule has 0 aromatic heterocycles. The molecule has 5 aliphatic carbocycles. The van der Waals surface area contributed by atoms with Gasteiger partial charge in [-0.2, -0.15) is 0 Å². The van der Waals surface area contributed by atoms with E-state index >= 15 is 0 Å². The quantitative estimate of drug-likeness (QED) is 0.762. The zero-order chi connectivity index (χ0) is 20.1. The molecular weight excluding hydrogens is 352 g/mol. The first-order valence-corrected chi connectivity index (χ1v) is 11.2. The fraction of sp³-hybridized carbons (Fsp3) is 0.833. The van der Waals surface area contributed by atoms with Crippen molar-refractivity contribution in [3.8, 4) is 0 Å². The summed E-state index contributed by atoms with van der Waals surface area (Å²) in [7, 11) is 0. The fourth-order valence-corrected chi connectivity index (χ4v) is 8.94. The lowest BCUT2D eigenvalue weighted by Crippen LogP contribution is -2.59. The Hall–Kier alpha value is -1.00. The van der Waals surface area contributed by atoms with Gasteiger partial charge in [-0.1, -0.05) is 26.3 Å². The van der Waals surface area contributed by atoms with Crippen LogP contribution in [0.2, 0.25) is 0 Å². The minimum Gasteiger partial charge on any atom is -0.388 e. The van der Waals surface area contributed by atoms with Gasteiger partial charge in [0, 0.05) is 11.8 Å². The molecule has 0 aromatic rings. The summed E-state index contributed by atoms with van der Waals surface area (Å²) in [5, 5.41) is 20.8. The maximum Gasteiger partial charge on any atom is 0.190 e. The molecule has 2 unspecified atom stereocenters. The van der Waals surface area contributed by atoms with Crippen molar-refractivity contribution in [2.75, 3.05) is 6.61 Å². The fourth-order valence-electron chi connectivity index (χ4n) is 8.94. The molecule has 8 atom stereocenters. The lowest BCUT2D eigenvalue weighted by Gasteiger charge is -2.61. The third-order valence-electron chi connectivity index (χ3n) is 10.7. The first-order valence-electron chi connectivity index (χ1n) is 11.2. The smallest absolute Gasteiger partial charge is 0.190 e. The van der Waals surface area contributed by atoms with Crippen molar-refractivity contribution >= 4 is 11.6 Å². The molecular formula is C24H34O4. The molecule has 5 rings (SSSR count). The van der Waals surface area contributed by atoms with Crippen molar-refractivity contribution in [3.63, 3.8) is 0 Å². The van der Waals surface area contributed by atoms with E-state index < -0.39 is 23.4 Å². The Morgan fingerprint density at radius 3 is 2.50 bits per heavy atom. The summed E-state index contributed by atoms with van der Waals surface area (Å²) < 4.78 is 0. The van der Waals surface area contributed by atoms with Gasteiger partial charge in [0.25, 0.3) is 0 Å². The lowest BCUT2D eigenvalue weighted by molar-refractivity contribution is -0.167. The summed E-state index contributed by atoms with van der Waals surface area (Å²) in [6.07, 6.45) is 9.08. The van der Waals surface area contributed by atoms with E-state index in [9.17, 15) is 19.8 Å². The van der Waals surface area contributed by atoms with E-state index in [1.54, 1.807) is 0 Å². The highest BCUT2D eigenvalue weighted by Crippen LogP contribution is 2.77. The number of hydrogen-bond donors (Lipinski definition) is 2. The Kier molecular flexibility index (Phi) is 3.78. The van der Waals surface area contributed by atoms with E-state index in [0.29, 0.717) is 42.3 Å². The number of ketones is 2. The largest absolute Gasteiger partial charge is 0.388 e. The molecule has 4 fully saturated rings. The van der Waals surface area contributed by atoms with Crippen LogP contribution in [0.25, 0.3) is 0 Å². The molecule has 0 heterocycles. The van der Waals surface area contributed by atoms with E-state index in [1.165, 1.54) is 5.57 Å². The molecule has 0 saturated heterocycles. The number of rotatable bonds is 2. The molecule has 0 aromatic carbocycles. The number of carbonyl (C=O) groups is 2. The third kappa shape index (κ3) is 1.95. The van der Waals surface area contributed by atoms with Gasteiger partial charge in [-0.3, -0.25) is 9.59 Å². The Bertz CT molecular complexity index is 785. The molecule has 4 nitrogen and oxygen atoms in total. The van der Waals surface area contributed by atoms with E-state index in [2.05, 4.69) is 20.8 Å². The predicted octanol–water partition coefficient (Wildman–Crippen LogP) is 3.45. The summed E-state index contributed by atoms with van der Waals surface area (Å²) >= 11 is 0. The van der Waals surface area contributed by atoms with E-state index in [0.717, 1.165) is 38.5 Å². The summed E-state index contributed by atoms with van der Waals surface area (Å²) in [4.78, 5) is 25.0. The van der Waals surface area contributed by atoms with Crippen molar-refractivity contribution in [2.24, 2.45) is 39.9 Å². The van der Waals surface area contributed by atoms with Crippen LogP contribution >= 0.6 is 0 Å². The number of fused-ring (bicyclic) bond motifs is 6. The average Bonchev–Trinajstić information content (AvgIpc) is 3.21. The number of hydrogen-bond acceptors (Lipinski definition) is 4. The molecule has 4 saturated carbocycles. The number of aliphatic hydroxyl groups excluding tert-OH is 1. The second kappa shape index (κ2) is 5.57. The lowest BCUT2D eigenvalue weighted by atomic mass is 9.43. The van der Waals surface area contributed by atoms with Gasteiger partial charge in [0.2, 0.25) is 0 Å². The maximum atomic E-state index is 12.5. The highest BCUT2D eigenvalue weighted by Gasteiger charge is 2.72. The van der Waals surface area contributed by atoms with Crippen molar-refractivity contribution in [1.82, 2.24) is 0 Å². The van der Waals surface area contributed by atoms with Gasteiger partial charge >= 0.3 is 0 Å². The van der Waals surface area contributed by atoms with Gasteiger partial charge < -0.3 is 10.2 Å². The summed E-state index contributed by atoms with van der Waals surface area (Å²) in [6, 6.07) is 0. The molecule has 0 amide bonds. The number of aliphatic hydroxyl groups is 2. The van der Waals surface area contributed by atoms with Crippen molar-refractivity contribution in [2.45, 2.75) is 77.7 Å². The first kappa shape index (κ1) is 19.0. The SMILES string of the molecule is CC1CC12CC(=O)C=C1CC[C@@H]3[C@H](CC[C@@]4(C)[C@H]3CC[C@@]4(O)C(=O)CO)[C@]12C. The normalized spacial score (nSPS) is 54.6. The predicted molar refractivity (Wildman–Crippen MR) is 105 cm³/mol. The zero-order valence-electron chi connectivity index (χ0n) is 17.5. The van der Waals surface area contributed by atoms with E-state index in [1.807, 2.05) is 6.08 Å². The molecule has 2 N–H and O–H groups in total. The molecule has 4 heteroatoms. The van der Waals surface area contributed by atoms with Crippen molar-refractivity contribution < 1.29 is 19.8 Å². The minimum atomic E-state index is -1.37. The van der Waals surface area contributed by atoms with Gasteiger partial charge in [0.1, 0.15) is 12.2 Å². The molecule has 154 valence electrons. The Balaban J connectivity index is 1.55. The monoisotopic (exact) mass is 386 g/mol. The minimum absolute atomic E-state index is 0.0896. The van der Waals surface area contributed by atoms with E-state index in [-0.39, 0.29) is 10.8 Å². The van der Waals surface area contributed by atoms with Crippen LogP contribution in [0.1, 0.15) is 72.1 Å². The van der Waals surface area contributed by atoms with E-state index in [4.69, 9.17) is 0 Å². The van der Waals surface area contributed by atoms with Crippen molar-refractivity contribution in [1.29, 1.82) is 0 Å². The van der Waals surface area contributed by atoms with Crippen LogP contribution in [0.3, 0.4) is 0 Å². The van der Waals surface area contributed by atoms with Gasteiger partial charge in [0.15, 0.2) is 11.6 Å². The van der Waals surface area contributed by atoms with Crippen LogP contribution in [0.5, 0.6) is 0 Å². The third-order valence-corrected chi connectivity index (χ3v) is 10.7. The summed E-state index contributed by atoms with van der Waals surface area (Å²) in [5.41, 5.74) is -0.189. The van der Waals surface area contributed by atoms with Gasteiger partial charge in [-0.05, 0) is 85.5 Å². The van der Waals surface area contributed by atoms with Crippen LogP contribution in [0, 0.1) is 39.9 Å². The number of Topliss-reactive ketones (excluding diaryl/α,β-unsaturated/α-hetero) is 1. The van der Waals surface area contributed by atoms with Crippen LogP contribution in [-0.2, 0) is 9.59 Å². The van der Waals surface area contributed by atoms with Crippen LogP contribution < -0.4 is 0 Å². The average molecular weight is 387 g/mol. The van der Waals surface area contributed by atoms with Crippen LogP contribution in [-0.4, -0.2) is 34.0 Å². The second-order valence-electron chi connectivity index (χ2n) is 11.1. The topological polar surface area (TPSA) is 74.6 Å². The molecule has 5 aliphatic rings.